The molecule has 2 amide bonds. The Morgan fingerprint density at radius 1 is 1.06 bits per heavy atom. The first-order valence-corrected chi connectivity index (χ1v) is 12.0. The van der Waals surface area contributed by atoms with E-state index in [0.717, 1.165) is 10.3 Å². The average molecular weight is 489 g/mol. The van der Waals surface area contributed by atoms with Crippen LogP contribution in [0, 0.1) is 0 Å². The maximum atomic E-state index is 13.3. The van der Waals surface area contributed by atoms with Crippen LogP contribution in [0.15, 0.2) is 66.9 Å². The molecular weight excluding hydrogens is 460 g/mol. The van der Waals surface area contributed by atoms with E-state index in [2.05, 4.69) is 10.3 Å². The molecule has 0 fully saturated rings. The molecule has 0 bridgehead atoms. The fourth-order valence-corrected chi connectivity index (χ4v) is 5.14. The van der Waals surface area contributed by atoms with Crippen molar-refractivity contribution in [3.05, 3.63) is 87.7 Å². The number of primary amides is 1. The summed E-state index contributed by atoms with van der Waals surface area (Å²) in [6.07, 6.45) is 0.132. The van der Waals surface area contributed by atoms with Crippen LogP contribution in [0.1, 0.15) is 52.4 Å². The number of nitrogen functional groups attached to an aromatic ring is 1. The van der Waals surface area contributed by atoms with Crippen LogP contribution in [-0.2, 0) is 10.2 Å². The number of fused-ring (bicyclic) bond motifs is 1. The highest BCUT2D eigenvalue weighted by atomic mass is 32.1. The van der Waals surface area contributed by atoms with Gasteiger partial charge in [0.15, 0.2) is 0 Å². The number of nitrogens with zero attached hydrogens (tertiary/aromatic N) is 1. The highest BCUT2D eigenvalue weighted by Crippen LogP contribution is 2.39. The molecule has 7 nitrogen and oxygen atoms in total. The Hall–Kier alpha value is -3.75. The van der Waals surface area contributed by atoms with E-state index in [1.807, 2.05) is 69.3 Å². The molecule has 2 unspecified atom stereocenters. The Morgan fingerprint density at radius 3 is 2.43 bits per heavy atom. The molecule has 4 aromatic rings. The third-order valence-electron chi connectivity index (χ3n) is 5.87. The van der Waals surface area contributed by atoms with Gasteiger partial charge in [0.1, 0.15) is 11.9 Å². The van der Waals surface area contributed by atoms with Crippen LogP contribution in [-0.4, -0.2) is 28.0 Å². The van der Waals surface area contributed by atoms with Crippen LogP contribution in [0.2, 0.25) is 0 Å². The molecule has 180 valence electrons. The first-order chi connectivity index (χ1) is 16.6. The maximum absolute atomic E-state index is 13.3. The van der Waals surface area contributed by atoms with Gasteiger partial charge < -0.3 is 21.9 Å². The lowest BCUT2D eigenvalue weighted by molar-refractivity contribution is -0.124. The molecule has 0 radical (unpaired) electrons. The highest BCUT2D eigenvalue weighted by Gasteiger charge is 2.34. The van der Waals surface area contributed by atoms with Gasteiger partial charge in [-0.2, -0.15) is 0 Å². The van der Waals surface area contributed by atoms with Crippen molar-refractivity contribution in [1.82, 2.24) is 4.98 Å². The summed E-state index contributed by atoms with van der Waals surface area (Å²) in [6, 6.07) is 18.1. The van der Waals surface area contributed by atoms with Gasteiger partial charge in [0.2, 0.25) is 0 Å². The van der Waals surface area contributed by atoms with Crippen molar-refractivity contribution in [3.63, 3.8) is 0 Å². The van der Waals surface area contributed by atoms with Gasteiger partial charge >= 0.3 is 0 Å². The van der Waals surface area contributed by atoms with Crippen molar-refractivity contribution >= 4 is 45.4 Å². The Balaban J connectivity index is 1.74. The number of benzene rings is 2. The lowest BCUT2D eigenvalue weighted by atomic mass is 9.84. The second kappa shape index (κ2) is 9.48. The minimum atomic E-state index is -1.49. The molecule has 2 aromatic heterocycles. The molecule has 2 heterocycles. The van der Waals surface area contributed by atoms with E-state index in [0.29, 0.717) is 32.9 Å². The number of aromatic nitrogens is 1. The zero-order valence-corrected chi connectivity index (χ0v) is 20.6. The average Bonchev–Trinajstić information content (AvgIpc) is 3.26. The topological polar surface area (TPSA) is 131 Å². The first-order valence-electron chi connectivity index (χ1n) is 11.2. The number of pyridine rings is 1. The summed E-state index contributed by atoms with van der Waals surface area (Å²) in [4.78, 5) is 31.0. The summed E-state index contributed by atoms with van der Waals surface area (Å²) >= 11 is 1.30. The number of amides is 2. The number of nitrogens with two attached hydrogens (primary N) is 2. The number of rotatable bonds is 6. The van der Waals surface area contributed by atoms with Gasteiger partial charge in [-0.05, 0) is 46.2 Å². The largest absolute Gasteiger partial charge is 0.383 e. The molecule has 0 saturated carbocycles. The van der Waals surface area contributed by atoms with Crippen LogP contribution >= 0.6 is 11.3 Å². The predicted molar refractivity (Wildman–Crippen MR) is 141 cm³/mol. The summed E-state index contributed by atoms with van der Waals surface area (Å²) in [7, 11) is 0. The Morgan fingerprint density at radius 2 is 1.77 bits per heavy atom. The second-order valence-corrected chi connectivity index (χ2v) is 10.5. The van der Waals surface area contributed by atoms with Crippen LogP contribution in [0.4, 0.5) is 11.5 Å². The van der Waals surface area contributed by atoms with E-state index < -0.39 is 23.8 Å². The monoisotopic (exact) mass is 488 g/mol. The third kappa shape index (κ3) is 5.03. The highest BCUT2D eigenvalue weighted by molar-refractivity contribution is 7.14. The fraction of sp³-hybridized carbons (Fsp3) is 0.222. The molecule has 4 rings (SSSR count). The Labute approximate surface area is 207 Å². The maximum Gasteiger partial charge on any atom is 0.259 e. The number of carbonyl (C=O) groups is 2. The van der Waals surface area contributed by atoms with Crippen molar-refractivity contribution in [2.24, 2.45) is 5.73 Å². The number of thiophene rings is 1. The van der Waals surface area contributed by atoms with Gasteiger partial charge in [0, 0.05) is 28.1 Å². The normalized spacial score (nSPS) is 13.4. The number of nitrogens with one attached hydrogen (secondary N) is 1. The molecule has 0 aliphatic carbocycles. The molecule has 0 aliphatic heterocycles. The third-order valence-corrected chi connectivity index (χ3v) is 7.46. The molecule has 0 saturated heterocycles. The van der Waals surface area contributed by atoms with Crippen molar-refractivity contribution in [1.29, 1.82) is 0 Å². The van der Waals surface area contributed by atoms with Crippen LogP contribution < -0.4 is 16.8 Å². The smallest absolute Gasteiger partial charge is 0.259 e. The van der Waals surface area contributed by atoms with Gasteiger partial charge in [-0.25, -0.2) is 4.98 Å². The lowest BCUT2D eigenvalue weighted by Crippen LogP contribution is -2.34. The summed E-state index contributed by atoms with van der Waals surface area (Å²) in [5.41, 5.74) is 13.2. The van der Waals surface area contributed by atoms with Crippen LogP contribution in [0.3, 0.4) is 0 Å². The minimum absolute atomic E-state index is 0.235. The second-order valence-electron chi connectivity index (χ2n) is 9.46. The molecule has 2 atom stereocenters. The first kappa shape index (κ1) is 24.4. The predicted octanol–water partition coefficient (Wildman–Crippen LogP) is 4.41. The van der Waals surface area contributed by atoms with E-state index >= 15 is 0 Å². The van der Waals surface area contributed by atoms with Crippen molar-refractivity contribution in [3.8, 4) is 0 Å². The number of carbonyl (C=O) groups excluding carboxylic acids is 2. The number of anilines is 2. The summed E-state index contributed by atoms with van der Waals surface area (Å²) in [6.45, 7) is 6.11. The summed E-state index contributed by atoms with van der Waals surface area (Å²) in [5, 5.41) is 15.7. The SMILES string of the molecule is CC(C)(C)c1cc(C(c2ccccc2)C(O)C(=O)Nc2ccc3ccnc(N)c3c2)c(C(N)=O)s1. The van der Waals surface area contributed by atoms with E-state index in [-0.39, 0.29) is 5.41 Å². The molecule has 6 N–H and O–H groups in total. The molecule has 0 aliphatic rings. The zero-order valence-electron chi connectivity index (χ0n) is 19.8. The number of aliphatic hydroxyl groups excluding tert-OH is 1. The molecule has 2 aromatic carbocycles. The van der Waals surface area contributed by atoms with Gasteiger partial charge in [-0.15, -0.1) is 11.3 Å². The molecule has 0 spiro atoms. The van der Waals surface area contributed by atoms with E-state index in [9.17, 15) is 14.7 Å². The van der Waals surface area contributed by atoms with Crippen molar-refractivity contribution in [2.75, 3.05) is 11.1 Å². The zero-order chi connectivity index (χ0) is 25.3. The fourth-order valence-electron chi connectivity index (χ4n) is 4.03. The van der Waals surface area contributed by atoms with E-state index in [1.54, 1.807) is 18.3 Å². The van der Waals surface area contributed by atoms with Gasteiger partial charge in [-0.3, -0.25) is 9.59 Å². The molecule has 35 heavy (non-hydrogen) atoms. The Bertz CT molecular complexity index is 1390. The summed E-state index contributed by atoms with van der Waals surface area (Å²) < 4.78 is 0. The van der Waals surface area contributed by atoms with Crippen molar-refractivity contribution < 1.29 is 14.7 Å². The van der Waals surface area contributed by atoms with E-state index in [1.165, 1.54) is 11.3 Å². The summed E-state index contributed by atoms with van der Waals surface area (Å²) in [5.74, 6) is -1.65. The van der Waals surface area contributed by atoms with Gasteiger partial charge in [0.25, 0.3) is 11.8 Å². The quantitative estimate of drug-likeness (QED) is 0.319. The molecular formula is C27H28N4O3S. The van der Waals surface area contributed by atoms with Gasteiger partial charge in [-0.1, -0.05) is 57.2 Å². The van der Waals surface area contributed by atoms with Gasteiger partial charge in [0.05, 0.1) is 4.88 Å². The number of aliphatic hydroxyl groups is 1. The van der Waals surface area contributed by atoms with Crippen LogP contribution in [0.5, 0.6) is 0 Å². The Kier molecular flexibility index (Phi) is 6.60. The number of hydrogen-bond donors (Lipinski definition) is 4. The molecule has 8 heteroatoms. The van der Waals surface area contributed by atoms with Crippen molar-refractivity contribution in [2.45, 2.75) is 38.2 Å². The van der Waals surface area contributed by atoms with E-state index in [4.69, 9.17) is 11.5 Å². The standard InChI is InChI=1S/C27H28N4O3S/c1-27(2,3)20-14-19(23(35-20)25(29)33)21(16-7-5-4-6-8-16)22(32)26(34)31-17-10-9-15-11-12-30-24(28)18(15)13-17/h4-14,21-22,32H,1-3H3,(H2,28,30)(H2,29,33)(H,31,34). The minimum Gasteiger partial charge on any atom is -0.383 e. The lowest BCUT2D eigenvalue weighted by Gasteiger charge is -2.23. The number of hydrogen-bond acceptors (Lipinski definition) is 6. The van der Waals surface area contributed by atoms with Crippen LogP contribution in [0.25, 0.3) is 10.8 Å².